The molecule has 0 heterocycles. The lowest BCUT2D eigenvalue weighted by atomic mass is 10.1. The Morgan fingerprint density at radius 3 is 2.06 bits per heavy atom. The van der Waals surface area contributed by atoms with Gasteiger partial charge in [0.2, 0.25) is 6.36 Å². The highest BCUT2D eigenvalue weighted by atomic mass is 32.2. The second-order valence-electron chi connectivity index (χ2n) is 3.96. The Morgan fingerprint density at radius 2 is 1.56 bits per heavy atom. The van der Waals surface area contributed by atoms with Gasteiger partial charge in [0.1, 0.15) is 0 Å². The highest BCUT2D eigenvalue weighted by Gasteiger charge is 2.48. The smallest absolute Gasteiger partial charge is 0.226 e. The molecular weight excluding hydrogens is 276 g/mol. The van der Waals surface area contributed by atoms with Crippen LogP contribution < -0.4 is 0 Å². The Kier molecular flexibility index (Phi) is 7.77. The third kappa shape index (κ3) is 7.15. The molecule has 0 radical (unpaired) electrons. The van der Waals surface area contributed by atoms with Crippen LogP contribution in [-0.4, -0.2) is 20.3 Å². The van der Waals surface area contributed by atoms with E-state index in [1.54, 1.807) is 0 Å². The number of hydrogen-bond acceptors (Lipinski definition) is 3. The van der Waals surface area contributed by atoms with Crippen molar-refractivity contribution in [3.8, 4) is 0 Å². The van der Waals surface area contributed by atoms with Crippen molar-refractivity contribution in [2.45, 2.75) is 63.7 Å². The van der Waals surface area contributed by atoms with Crippen LogP contribution in [0.1, 0.15) is 51.9 Å². The van der Waals surface area contributed by atoms with Crippen molar-refractivity contribution in [1.82, 2.24) is 0 Å². The third-order valence-electron chi connectivity index (χ3n) is 2.30. The van der Waals surface area contributed by atoms with Gasteiger partial charge in [0.25, 0.3) is 0 Å². The average Bonchev–Trinajstić information content (AvgIpc) is 2.20. The topological polar surface area (TPSA) is 43.4 Å². The van der Waals surface area contributed by atoms with Crippen LogP contribution in [0.15, 0.2) is 0 Å². The van der Waals surface area contributed by atoms with E-state index in [9.17, 15) is 26.0 Å². The Labute approximate surface area is 105 Å². The summed E-state index contributed by atoms with van der Waals surface area (Å²) in [7, 11) is -5.82. The highest BCUT2D eigenvalue weighted by molar-refractivity contribution is 7.87. The molecule has 0 aromatic rings. The molecule has 0 fully saturated rings. The first-order valence-electron chi connectivity index (χ1n) is 5.84. The summed E-state index contributed by atoms with van der Waals surface area (Å²) in [5.41, 5.74) is -5.57. The minimum absolute atomic E-state index is 0.304. The second kappa shape index (κ2) is 7.93. The van der Waals surface area contributed by atoms with Crippen molar-refractivity contribution in [2.75, 3.05) is 0 Å². The second-order valence-corrected chi connectivity index (χ2v) is 5.53. The van der Waals surface area contributed by atoms with Crippen LogP contribution >= 0.6 is 0 Å². The maximum Gasteiger partial charge on any atom is 0.523 e. The molecule has 0 aliphatic rings. The van der Waals surface area contributed by atoms with Gasteiger partial charge in [-0.05, 0) is 6.42 Å². The molecule has 1 unspecified atom stereocenters. The number of hydrogen-bond donors (Lipinski definition) is 0. The number of alkyl halides is 4. The number of unbranched alkanes of at least 4 members (excludes halogenated alkanes) is 5. The number of halogens is 4. The molecule has 0 saturated heterocycles. The van der Waals surface area contributed by atoms with E-state index >= 15 is 0 Å². The van der Waals surface area contributed by atoms with E-state index in [1.807, 2.05) is 6.92 Å². The first-order valence-corrected chi connectivity index (χ1v) is 7.25. The minimum atomic E-state index is -5.82. The van der Waals surface area contributed by atoms with E-state index in [0.717, 1.165) is 25.7 Å². The SMILES string of the molecule is CCCCCCCCC(F)OS(=O)(=O)C(F)(F)F. The lowest BCUT2D eigenvalue weighted by molar-refractivity contribution is -0.0654. The van der Waals surface area contributed by atoms with Gasteiger partial charge in [-0.2, -0.15) is 21.6 Å². The summed E-state index contributed by atoms with van der Waals surface area (Å²) in [5.74, 6) is 0. The lowest BCUT2D eigenvalue weighted by Gasteiger charge is -2.11. The Bertz CT molecular complexity index is 314. The van der Waals surface area contributed by atoms with Crippen molar-refractivity contribution >= 4 is 10.1 Å². The first kappa shape index (κ1) is 17.6. The van der Waals surface area contributed by atoms with Crippen LogP contribution in [0.5, 0.6) is 0 Å². The zero-order chi connectivity index (χ0) is 14.2. The van der Waals surface area contributed by atoms with Crippen LogP contribution in [0.4, 0.5) is 17.6 Å². The maximum atomic E-state index is 12.9. The quantitative estimate of drug-likeness (QED) is 0.280. The Hall–Kier alpha value is -0.370. The molecule has 3 nitrogen and oxygen atoms in total. The summed E-state index contributed by atoms with van der Waals surface area (Å²) in [6.45, 7) is 2.04. The van der Waals surface area contributed by atoms with E-state index in [1.165, 1.54) is 0 Å². The van der Waals surface area contributed by atoms with Gasteiger partial charge in [0.15, 0.2) is 0 Å². The van der Waals surface area contributed by atoms with Crippen molar-refractivity contribution in [3.05, 3.63) is 0 Å². The standard InChI is InChI=1S/C10H18F4O3S/c1-2-3-4-5-6-7-8-9(11)17-18(15,16)10(12,13)14/h9H,2-8H2,1H3. The summed E-state index contributed by atoms with van der Waals surface area (Å²) in [4.78, 5) is 0. The van der Waals surface area contributed by atoms with Gasteiger partial charge in [-0.25, -0.2) is 8.57 Å². The Balaban J connectivity index is 3.82. The first-order chi connectivity index (χ1) is 8.20. The Morgan fingerprint density at radius 1 is 1.06 bits per heavy atom. The molecule has 8 heteroatoms. The summed E-state index contributed by atoms with van der Waals surface area (Å²) in [5, 5.41) is 0. The molecule has 1 atom stereocenters. The van der Waals surface area contributed by atoms with Gasteiger partial charge in [0, 0.05) is 6.42 Å². The number of rotatable bonds is 9. The fraction of sp³-hybridized carbons (Fsp3) is 1.00. The molecular formula is C10H18F4O3S. The molecule has 0 rings (SSSR count). The molecule has 0 aliphatic carbocycles. The van der Waals surface area contributed by atoms with E-state index < -0.39 is 22.0 Å². The molecule has 18 heavy (non-hydrogen) atoms. The molecule has 0 saturated carbocycles. The zero-order valence-corrected chi connectivity index (χ0v) is 11.0. The molecule has 0 bridgehead atoms. The largest absolute Gasteiger partial charge is 0.523 e. The molecule has 0 aliphatic heterocycles. The van der Waals surface area contributed by atoms with Crippen LogP contribution in [0.25, 0.3) is 0 Å². The third-order valence-corrected chi connectivity index (χ3v) is 3.33. The van der Waals surface area contributed by atoms with Crippen LogP contribution in [0.3, 0.4) is 0 Å². The van der Waals surface area contributed by atoms with E-state index in [4.69, 9.17) is 0 Å². The monoisotopic (exact) mass is 294 g/mol. The summed E-state index contributed by atoms with van der Waals surface area (Å²) in [6, 6.07) is 0. The zero-order valence-electron chi connectivity index (χ0n) is 10.2. The fourth-order valence-electron chi connectivity index (χ4n) is 1.33. The molecule has 110 valence electrons. The van der Waals surface area contributed by atoms with Gasteiger partial charge >= 0.3 is 15.6 Å². The van der Waals surface area contributed by atoms with Crippen LogP contribution in [-0.2, 0) is 14.3 Å². The molecule has 0 aromatic heterocycles. The highest BCUT2D eigenvalue weighted by Crippen LogP contribution is 2.27. The molecule has 0 spiro atoms. The maximum absolute atomic E-state index is 12.9. The van der Waals surface area contributed by atoms with Gasteiger partial charge in [0.05, 0.1) is 0 Å². The summed E-state index contributed by atoms with van der Waals surface area (Å²) < 4.78 is 72.7. The van der Waals surface area contributed by atoms with Gasteiger partial charge in [-0.1, -0.05) is 39.0 Å². The normalized spacial score (nSPS) is 14.7. The van der Waals surface area contributed by atoms with Crippen molar-refractivity contribution in [2.24, 2.45) is 0 Å². The predicted molar refractivity (Wildman–Crippen MR) is 58.9 cm³/mol. The fourth-order valence-corrected chi connectivity index (χ4v) is 1.81. The predicted octanol–water partition coefficient (Wildman–Crippen LogP) is 3.90. The summed E-state index contributed by atoms with van der Waals surface area (Å²) >= 11 is 0. The molecule has 0 amide bonds. The summed E-state index contributed by atoms with van der Waals surface area (Å²) in [6.07, 6.45) is 2.12. The van der Waals surface area contributed by atoms with Crippen LogP contribution in [0, 0.1) is 0 Å². The van der Waals surface area contributed by atoms with Gasteiger partial charge in [-0.3, -0.25) is 0 Å². The minimum Gasteiger partial charge on any atom is -0.226 e. The van der Waals surface area contributed by atoms with Crippen LogP contribution in [0.2, 0.25) is 0 Å². The van der Waals surface area contributed by atoms with E-state index in [2.05, 4.69) is 4.18 Å². The van der Waals surface area contributed by atoms with E-state index in [0.29, 0.717) is 12.8 Å². The van der Waals surface area contributed by atoms with Gasteiger partial charge < -0.3 is 0 Å². The molecule has 0 N–H and O–H groups in total. The molecule has 0 aromatic carbocycles. The van der Waals surface area contributed by atoms with Crippen molar-refractivity contribution in [3.63, 3.8) is 0 Å². The van der Waals surface area contributed by atoms with Gasteiger partial charge in [-0.15, -0.1) is 0 Å². The van der Waals surface area contributed by atoms with E-state index in [-0.39, 0.29) is 6.42 Å². The lowest BCUT2D eigenvalue weighted by Crippen LogP contribution is -2.28. The van der Waals surface area contributed by atoms with Crippen molar-refractivity contribution in [1.29, 1.82) is 0 Å². The van der Waals surface area contributed by atoms with Crippen molar-refractivity contribution < 1.29 is 30.2 Å². The average molecular weight is 294 g/mol.